The number of aromatic nitrogens is 2. The van der Waals surface area contributed by atoms with Gasteiger partial charge in [0.2, 0.25) is 0 Å². The number of rotatable bonds is 8. The Morgan fingerprint density at radius 2 is 1.94 bits per heavy atom. The maximum Gasteiger partial charge on any atom is 0.191 e. The number of hydrogen-bond donors (Lipinski definition) is 2. The van der Waals surface area contributed by atoms with Crippen LogP contribution in [0.3, 0.4) is 0 Å². The summed E-state index contributed by atoms with van der Waals surface area (Å²) in [6, 6.07) is 14.8. The van der Waals surface area contributed by atoms with E-state index in [1.165, 1.54) is 30.4 Å². The number of furan rings is 1. The van der Waals surface area contributed by atoms with Gasteiger partial charge in [-0.25, -0.2) is 0 Å². The molecule has 0 spiro atoms. The summed E-state index contributed by atoms with van der Waals surface area (Å²) in [4.78, 5) is 6.93. The predicted molar refractivity (Wildman–Crippen MR) is 138 cm³/mol. The summed E-state index contributed by atoms with van der Waals surface area (Å²) >= 11 is 0. The third kappa shape index (κ3) is 6.83. The average Bonchev–Trinajstić information content (AvgIpc) is 3.52. The third-order valence-corrected chi connectivity index (χ3v) is 5.74. The predicted octanol–water partition coefficient (Wildman–Crippen LogP) is 4.03. The van der Waals surface area contributed by atoms with E-state index in [2.05, 4.69) is 56.0 Å². The van der Waals surface area contributed by atoms with Gasteiger partial charge in [-0.2, -0.15) is 5.10 Å². The first-order chi connectivity index (χ1) is 15.3. The molecular weight excluding hydrogens is 515 g/mol. The van der Waals surface area contributed by atoms with Gasteiger partial charge in [-0.05, 0) is 55.3 Å². The van der Waals surface area contributed by atoms with Crippen molar-refractivity contribution in [2.75, 3.05) is 26.7 Å². The van der Waals surface area contributed by atoms with Crippen molar-refractivity contribution in [2.45, 2.75) is 38.4 Å². The summed E-state index contributed by atoms with van der Waals surface area (Å²) in [5, 5.41) is 11.2. The van der Waals surface area contributed by atoms with Crippen LogP contribution in [0, 0.1) is 0 Å². The van der Waals surface area contributed by atoms with Crippen molar-refractivity contribution >= 4 is 29.9 Å². The maximum atomic E-state index is 5.75. The van der Waals surface area contributed by atoms with Crippen molar-refractivity contribution in [3.8, 4) is 0 Å². The highest BCUT2D eigenvalue weighted by atomic mass is 127. The van der Waals surface area contributed by atoms with E-state index in [0.717, 1.165) is 37.9 Å². The molecular formula is C24H33IN6O. The second kappa shape index (κ2) is 12.6. The maximum absolute atomic E-state index is 5.75. The molecule has 0 saturated carbocycles. The largest absolute Gasteiger partial charge is 0.468 e. The van der Waals surface area contributed by atoms with Crippen LogP contribution in [0.2, 0.25) is 0 Å². The van der Waals surface area contributed by atoms with Gasteiger partial charge in [-0.15, -0.1) is 24.0 Å². The molecule has 4 rings (SSSR count). The molecule has 1 fully saturated rings. The lowest BCUT2D eigenvalue weighted by atomic mass is 10.1. The fourth-order valence-corrected chi connectivity index (χ4v) is 4.14. The van der Waals surface area contributed by atoms with Crippen LogP contribution >= 0.6 is 24.0 Å². The number of halogens is 1. The summed E-state index contributed by atoms with van der Waals surface area (Å²) in [7, 11) is 1.81. The smallest absolute Gasteiger partial charge is 0.191 e. The van der Waals surface area contributed by atoms with Crippen molar-refractivity contribution in [1.29, 1.82) is 0 Å². The second-order valence-corrected chi connectivity index (χ2v) is 7.96. The molecule has 2 aromatic heterocycles. The van der Waals surface area contributed by atoms with E-state index >= 15 is 0 Å². The Hall–Kier alpha value is -2.33. The summed E-state index contributed by atoms with van der Waals surface area (Å²) < 4.78 is 7.68. The van der Waals surface area contributed by atoms with Gasteiger partial charge < -0.3 is 15.1 Å². The lowest BCUT2D eigenvalue weighted by Gasteiger charge is -2.33. The first-order valence-corrected chi connectivity index (χ1v) is 11.1. The number of hydrogen-bond acceptors (Lipinski definition) is 4. The van der Waals surface area contributed by atoms with Crippen molar-refractivity contribution < 1.29 is 4.42 Å². The van der Waals surface area contributed by atoms with E-state index in [-0.39, 0.29) is 30.0 Å². The highest BCUT2D eigenvalue weighted by Crippen LogP contribution is 2.24. The Morgan fingerprint density at radius 1 is 1.09 bits per heavy atom. The number of piperidine rings is 1. The van der Waals surface area contributed by atoms with Crippen molar-refractivity contribution in [3.05, 3.63) is 78.0 Å². The number of benzene rings is 1. The molecule has 0 bridgehead atoms. The minimum absolute atomic E-state index is 0. The molecule has 0 radical (unpaired) electrons. The Bertz CT molecular complexity index is 935. The van der Waals surface area contributed by atoms with Crippen LogP contribution in [0.25, 0.3) is 0 Å². The van der Waals surface area contributed by atoms with Crippen LogP contribution in [0.15, 0.2) is 70.5 Å². The first-order valence-electron chi connectivity index (χ1n) is 11.1. The summed E-state index contributed by atoms with van der Waals surface area (Å²) in [5.41, 5.74) is 2.44. The molecule has 1 aromatic carbocycles. The molecule has 1 aliphatic rings. The van der Waals surface area contributed by atoms with Crippen molar-refractivity contribution in [2.24, 2.45) is 4.99 Å². The number of nitrogens with one attached hydrogen (secondary N) is 2. The molecule has 1 aliphatic heterocycles. The van der Waals surface area contributed by atoms with Crippen LogP contribution in [0.1, 0.15) is 42.2 Å². The third-order valence-electron chi connectivity index (χ3n) is 5.74. The standard InChI is InChI=1S/C24H32N6O.HI/c1-25-24(26-17-20-8-5-9-21(16-20)19-30-14-7-11-28-30)27-18-22(23-10-6-15-31-23)29-12-3-2-4-13-29;/h5-11,14-16,22H,2-4,12-13,17-19H2,1H3,(H2,25,26,27);1H. The van der Waals surface area contributed by atoms with Gasteiger partial charge in [-0.3, -0.25) is 14.6 Å². The van der Waals surface area contributed by atoms with Gasteiger partial charge in [0.05, 0.1) is 18.8 Å². The number of nitrogens with zero attached hydrogens (tertiary/aromatic N) is 4. The van der Waals surface area contributed by atoms with E-state index in [4.69, 9.17) is 4.42 Å². The molecule has 7 nitrogen and oxygen atoms in total. The number of likely N-dealkylation sites (tertiary alicyclic amines) is 1. The molecule has 32 heavy (non-hydrogen) atoms. The quantitative estimate of drug-likeness (QED) is 0.253. The lowest BCUT2D eigenvalue weighted by molar-refractivity contribution is 0.146. The van der Waals surface area contributed by atoms with E-state index in [1.54, 1.807) is 12.5 Å². The normalized spacial score (nSPS) is 15.7. The van der Waals surface area contributed by atoms with Crippen LogP contribution in [-0.4, -0.2) is 47.3 Å². The Morgan fingerprint density at radius 3 is 2.66 bits per heavy atom. The fraction of sp³-hybridized carbons (Fsp3) is 0.417. The topological polar surface area (TPSA) is 70.6 Å². The fourth-order valence-electron chi connectivity index (χ4n) is 4.14. The SMILES string of the molecule is CN=C(NCc1cccc(Cn2cccn2)c1)NCC(c1ccco1)N1CCCCC1.I. The van der Waals surface area contributed by atoms with Crippen molar-refractivity contribution in [3.63, 3.8) is 0 Å². The summed E-state index contributed by atoms with van der Waals surface area (Å²) in [5.74, 6) is 1.81. The van der Waals surface area contributed by atoms with Crippen LogP contribution in [0.5, 0.6) is 0 Å². The highest BCUT2D eigenvalue weighted by Gasteiger charge is 2.24. The van der Waals surface area contributed by atoms with Crippen LogP contribution < -0.4 is 10.6 Å². The van der Waals surface area contributed by atoms with Gasteiger partial charge in [0.15, 0.2) is 5.96 Å². The van der Waals surface area contributed by atoms with Crippen molar-refractivity contribution in [1.82, 2.24) is 25.3 Å². The van der Waals surface area contributed by atoms with Crippen LogP contribution in [-0.2, 0) is 13.1 Å². The minimum Gasteiger partial charge on any atom is -0.468 e. The molecule has 1 saturated heterocycles. The zero-order chi connectivity index (χ0) is 21.3. The highest BCUT2D eigenvalue weighted by molar-refractivity contribution is 14.0. The Labute approximate surface area is 207 Å². The van der Waals surface area contributed by atoms with Gasteiger partial charge in [0, 0.05) is 32.5 Å². The Balaban J connectivity index is 0.00000289. The Kier molecular flexibility index (Phi) is 9.61. The van der Waals surface area contributed by atoms with E-state index in [9.17, 15) is 0 Å². The second-order valence-electron chi connectivity index (χ2n) is 7.96. The minimum atomic E-state index is 0. The molecule has 3 aromatic rings. The molecule has 8 heteroatoms. The molecule has 3 heterocycles. The summed E-state index contributed by atoms with van der Waals surface area (Å²) in [6.45, 7) is 4.47. The molecule has 0 aliphatic carbocycles. The molecule has 2 N–H and O–H groups in total. The zero-order valence-corrected chi connectivity index (χ0v) is 20.9. The summed E-state index contributed by atoms with van der Waals surface area (Å²) in [6.07, 6.45) is 9.36. The van der Waals surface area contributed by atoms with E-state index in [0.29, 0.717) is 6.54 Å². The molecule has 0 amide bonds. The van der Waals surface area contributed by atoms with Gasteiger partial charge in [0.25, 0.3) is 0 Å². The van der Waals surface area contributed by atoms with Gasteiger partial charge >= 0.3 is 0 Å². The van der Waals surface area contributed by atoms with Gasteiger partial charge in [-0.1, -0.05) is 30.7 Å². The monoisotopic (exact) mass is 548 g/mol. The zero-order valence-electron chi connectivity index (χ0n) is 18.6. The van der Waals surface area contributed by atoms with Crippen LogP contribution in [0.4, 0.5) is 0 Å². The average molecular weight is 548 g/mol. The number of aliphatic imine (C=N–C) groups is 1. The molecule has 1 atom stereocenters. The molecule has 1 unspecified atom stereocenters. The lowest BCUT2D eigenvalue weighted by Crippen LogP contribution is -2.44. The number of guanidine groups is 1. The van der Waals surface area contributed by atoms with E-state index < -0.39 is 0 Å². The molecule has 172 valence electrons. The van der Waals surface area contributed by atoms with Gasteiger partial charge in [0.1, 0.15) is 5.76 Å². The van der Waals surface area contributed by atoms with E-state index in [1.807, 2.05) is 30.1 Å². The first kappa shape index (κ1) is 24.3.